The highest BCUT2D eigenvalue weighted by Crippen LogP contribution is 2.23. The van der Waals surface area contributed by atoms with E-state index in [4.69, 9.17) is 16.3 Å². The number of ether oxygens (including phenoxy) is 1. The van der Waals surface area contributed by atoms with Crippen LogP contribution in [-0.4, -0.2) is 18.0 Å². The summed E-state index contributed by atoms with van der Waals surface area (Å²) in [5.41, 5.74) is 0.572. The molecule has 0 bridgehead atoms. The fourth-order valence-electron chi connectivity index (χ4n) is 1.41. The summed E-state index contributed by atoms with van der Waals surface area (Å²) in [5.74, 6) is -0.242. The van der Waals surface area contributed by atoms with Crippen molar-refractivity contribution in [2.45, 2.75) is 24.6 Å². The molecule has 1 rings (SSSR count). The largest absolute Gasteiger partial charge is 0.382 e. The molecule has 0 aliphatic rings. The quantitative estimate of drug-likeness (QED) is 0.565. The number of hydrogen-bond donors (Lipinski definition) is 0. The van der Waals surface area contributed by atoms with Gasteiger partial charge in [-0.25, -0.2) is 4.39 Å². The maximum atomic E-state index is 13.5. The zero-order chi connectivity index (χ0) is 12.0. The van der Waals surface area contributed by atoms with Crippen molar-refractivity contribution in [3.8, 4) is 0 Å². The average molecular weight is 310 g/mol. The Morgan fingerprint density at radius 3 is 2.88 bits per heavy atom. The zero-order valence-corrected chi connectivity index (χ0v) is 11.5. The van der Waals surface area contributed by atoms with Crippen molar-refractivity contribution < 1.29 is 9.13 Å². The van der Waals surface area contributed by atoms with Crippen LogP contribution in [0.5, 0.6) is 0 Å². The van der Waals surface area contributed by atoms with Crippen LogP contribution in [-0.2, 0) is 11.2 Å². The Balaban J connectivity index is 2.52. The van der Waals surface area contributed by atoms with Crippen LogP contribution in [0.1, 0.15) is 18.9 Å². The molecule has 0 aromatic heterocycles. The third-order valence-corrected chi connectivity index (χ3v) is 3.40. The maximum Gasteiger partial charge on any atom is 0.127 e. The van der Waals surface area contributed by atoms with Crippen molar-refractivity contribution >= 4 is 27.5 Å². The molecule has 0 fully saturated rings. The van der Waals surface area contributed by atoms with E-state index in [1.54, 1.807) is 12.1 Å². The van der Waals surface area contributed by atoms with Crippen molar-refractivity contribution in [2.75, 3.05) is 13.2 Å². The fraction of sp³-hybridized carbons (Fsp3) is 0.500. The van der Waals surface area contributed by atoms with E-state index in [1.165, 1.54) is 6.07 Å². The van der Waals surface area contributed by atoms with Gasteiger partial charge < -0.3 is 4.74 Å². The van der Waals surface area contributed by atoms with E-state index in [-0.39, 0.29) is 10.6 Å². The summed E-state index contributed by atoms with van der Waals surface area (Å²) in [6.45, 7) is 3.34. The molecule has 1 nitrogen and oxygen atoms in total. The molecule has 0 saturated heterocycles. The van der Waals surface area contributed by atoms with Gasteiger partial charge >= 0.3 is 0 Å². The van der Waals surface area contributed by atoms with Crippen molar-refractivity contribution in [1.29, 1.82) is 0 Å². The number of hydrogen-bond acceptors (Lipinski definition) is 1. The van der Waals surface area contributed by atoms with Gasteiger partial charge in [0.05, 0.1) is 0 Å². The SMILES string of the molecule is CCOCCC(Br)Cc1c(F)cccc1Cl. The van der Waals surface area contributed by atoms with Gasteiger partial charge in [0.2, 0.25) is 0 Å². The summed E-state index contributed by atoms with van der Waals surface area (Å²) in [4.78, 5) is 0.188. The molecular weight excluding hydrogens is 294 g/mol. The van der Waals surface area contributed by atoms with E-state index < -0.39 is 0 Å². The Hall–Kier alpha value is -0.120. The minimum absolute atomic E-state index is 0.188. The highest BCUT2D eigenvalue weighted by atomic mass is 79.9. The minimum atomic E-state index is -0.242. The second-order valence-corrected chi connectivity index (χ2v) is 5.19. The number of benzene rings is 1. The van der Waals surface area contributed by atoms with Gasteiger partial charge in [-0.05, 0) is 31.9 Å². The van der Waals surface area contributed by atoms with Crippen molar-refractivity contribution in [3.63, 3.8) is 0 Å². The lowest BCUT2D eigenvalue weighted by Gasteiger charge is -2.11. The molecule has 0 saturated carbocycles. The lowest BCUT2D eigenvalue weighted by atomic mass is 10.1. The van der Waals surface area contributed by atoms with E-state index in [9.17, 15) is 4.39 Å². The van der Waals surface area contributed by atoms with Crippen LogP contribution < -0.4 is 0 Å². The Kier molecular flexibility index (Phi) is 6.32. The molecular formula is C12H15BrClFO. The summed E-state index contributed by atoms with van der Waals surface area (Å²) >= 11 is 9.45. The summed E-state index contributed by atoms with van der Waals surface area (Å²) < 4.78 is 18.7. The van der Waals surface area contributed by atoms with Crippen LogP contribution >= 0.6 is 27.5 Å². The smallest absolute Gasteiger partial charge is 0.127 e. The number of halogens is 3. The molecule has 4 heteroatoms. The molecule has 16 heavy (non-hydrogen) atoms. The molecule has 0 amide bonds. The lowest BCUT2D eigenvalue weighted by molar-refractivity contribution is 0.145. The van der Waals surface area contributed by atoms with E-state index in [2.05, 4.69) is 15.9 Å². The highest BCUT2D eigenvalue weighted by Gasteiger charge is 2.12. The molecule has 1 aromatic rings. The zero-order valence-electron chi connectivity index (χ0n) is 9.18. The monoisotopic (exact) mass is 308 g/mol. The first-order valence-corrected chi connectivity index (χ1v) is 6.59. The minimum Gasteiger partial charge on any atom is -0.382 e. The molecule has 0 spiro atoms. The Morgan fingerprint density at radius 2 is 2.25 bits per heavy atom. The molecule has 0 N–H and O–H groups in total. The highest BCUT2D eigenvalue weighted by molar-refractivity contribution is 9.09. The normalized spacial score (nSPS) is 12.8. The van der Waals surface area contributed by atoms with Crippen molar-refractivity contribution in [2.24, 2.45) is 0 Å². The van der Waals surface area contributed by atoms with Gasteiger partial charge in [-0.15, -0.1) is 0 Å². The fourth-order valence-corrected chi connectivity index (χ4v) is 2.16. The predicted molar refractivity (Wildman–Crippen MR) is 68.9 cm³/mol. The number of rotatable bonds is 6. The van der Waals surface area contributed by atoms with Crippen LogP contribution in [0.15, 0.2) is 18.2 Å². The summed E-state index contributed by atoms with van der Waals surface area (Å²) in [6, 6.07) is 4.76. The van der Waals surface area contributed by atoms with E-state index in [1.807, 2.05) is 6.92 Å². The van der Waals surface area contributed by atoms with Crippen molar-refractivity contribution in [3.05, 3.63) is 34.6 Å². The summed E-state index contributed by atoms with van der Waals surface area (Å²) in [5, 5.41) is 0.487. The van der Waals surface area contributed by atoms with Crippen LogP contribution in [0.2, 0.25) is 5.02 Å². The van der Waals surface area contributed by atoms with E-state index in [0.29, 0.717) is 30.2 Å². The topological polar surface area (TPSA) is 9.23 Å². The standard InChI is InChI=1S/C12H15BrClFO/c1-2-16-7-6-9(13)8-10-11(14)4-3-5-12(10)15/h3-5,9H,2,6-8H2,1H3. The van der Waals surface area contributed by atoms with Gasteiger partial charge in [0, 0.05) is 28.6 Å². The van der Waals surface area contributed by atoms with Gasteiger partial charge in [0.1, 0.15) is 5.82 Å². The molecule has 0 aliphatic heterocycles. The second kappa shape index (κ2) is 7.25. The van der Waals surface area contributed by atoms with E-state index in [0.717, 1.165) is 6.42 Å². The van der Waals surface area contributed by atoms with Crippen LogP contribution in [0, 0.1) is 5.82 Å². The van der Waals surface area contributed by atoms with Gasteiger partial charge in [0.15, 0.2) is 0 Å². The first-order chi connectivity index (χ1) is 7.65. The van der Waals surface area contributed by atoms with Crippen molar-refractivity contribution in [1.82, 2.24) is 0 Å². The maximum absolute atomic E-state index is 13.5. The summed E-state index contributed by atoms with van der Waals surface area (Å²) in [7, 11) is 0. The molecule has 1 atom stereocenters. The first-order valence-electron chi connectivity index (χ1n) is 5.29. The van der Waals surface area contributed by atoms with Gasteiger partial charge in [-0.3, -0.25) is 0 Å². The predicted octanol–water partition coefficient (Wildman–Crippen LogP) is 4.21. The lowest BCUT2D eigenvalue weighted by Crippen LogP contribution is -2.09. The second-order valence-electron chi connectivity index (χ2n) is 3.49. The van der Waals surface area contributed by atoms with Crippen LogP contribution in [0.4, 0.5) is 4.39 Å². The molecule has 0 aliphatic carbocycles. The van der Waals surface area contributed by atoms with E-state index >= 15 is 0 Å². The Labute approximate surface area is 109 Å². The Bertz CT molecular complexity index is 313. The molecule has 90 valence electrons. The molecule has 0 heterocycles. The molecule has 0 radical (unpaired) electrons. The van der Waals surface area contributed by atoms with Gasteiger partial charge in [0.25, 0.3) is 0 Å². The Morgan fingerprint density at radius 1 is 1.50 bits per heavy atom. The van der Waals surface area contributed by atoms with Gasteiger partial charge in [-0.2, -0.15) is 0 Å². The third-order valence-electron chi connectivity index (χ3n) is 2.27. The molecule has 1 aromatic carbocycles. The average Bonchev–Trinajstić information content (AvgIpc) is 2.24. The third kappa shape index (κ3) is 4.40. The van der Waals surface area contributed by atoms with Crippen LogP contribution in [0.25, 0.3) is 0 Å². The molecule has 1 unspecified atom stereocenters. The summed E-state index contributed by atoms with van der Waals surface area (Å²) in [6.07, 6.45) is 1.43. The first kappa shape index (κ1) is 13.9. The van der Waals surface area contributed by atoms with Crippen LogP contribution in [0.3, 0.4) is 0 Å². The number of alkyl halides is 1. The van der Waals surface area contributed by atoms with Gasteiger partial charge in [-0.1, -0.05) is 33.6 Å².